The van der Waals surface area contributed by atoms with Crippen molar-refractivity contribution in [1.29, 1.82) is 0 Å². The number of terminal acetylenes is 1. The molecular weight excluding hydrogens is 501 g/mol. The summed E-state index contributed by atoms with van der Waals surface area (Å²) in [5, 5.41) is 5.96. The van der Waals surface area contributed by atoms with Crippen LogP contribution < -0.4 is 5.32 Å². The second-order valence-corrected chi connectivity index (χ2v) is 9.95. The normalized spacial score (nSPS) is 19.7. The Labute approximate surface area is 228 Å². The summed E-state index contributed by atoms with van der Waals surface area (Å²) in [7, 11) is 0. The maximum absolute atomic E-state index is 13.5. The van der Waals surface area contributed by atoms with Gasteiger partial charge in [0.2, 0.25) is 11.8 Å². The Bertz CT molecular complexity index is 1220. The molecule has 0 radical (unpaired) electrons. The van der Waals surface area contributed by atoms with Crippen molar-refractivity contribution < 1.29 is 23.5 Å². The topological polar surface area (TPSA) is 85.4 Å². The number of carbonyl (C=O) groups is 3. The first-order valence-electron chi connectivity index (χ1n) is 13.0. The van der Waals surface area contributed by atoms with Crippen molar-refractivity contribution in [2.45, 2.75) is 39.2 Å². The van der Waals surface area contributed by atoms with E-state index in [4.69, 9.17) is 11.2 Å². The average Bonchev–Trinajstić information content (AvgIpc) is 2.91. The minimum absolute atomic E-state index is 0.0614. The molecule has 39 heavy (non-hydrogen) atoms. The standard InChI is InChI=1S/C29H34FN5O4/c1-4-13-33-19-26(36)34-25(35(33)29(38)31-17-22-9-6-5-7-10-22)18-32(28(37)27(34)21(2)3)14-15-39-20-23-11-8-12-24(30)16-23/h1,5-12,16,21,25,27H,13-15,17-20H2,2-3H3,(H,31,38). The first kappa shape index (κ1) is 28.1. The van der Waals surface area contributed by atoms with Gasteiger partial charge in [-0.25, -0.2) is 14.2 Å². The van der Waals surface area contributed by atoms with E-state index in [1.165, 1.54) is 22.0 Å². The van der Waals surface area contributed by atoms with Gasteiger partial charge in [-0.1, -0.05) is 62.2 Å². The first-order chi connectivity index (χ1) is 18.8. The third kappa shape index (κ3) is 6.56. The minimum Gasteiger partial charge on any atom is -0.375 e. The van der Waals surface area contributed by atoms with E-state index >= 15 is 0 Å². The van der Waals surface area contributed by atoms with Gasteiger partial charge in [-0.3, -0.25) is 9.59 Å². The first-order valence-corrected chi connectivity index (χ1v) is 13.0. The Balaban J connectivity index is 1.52. The molecule has 4 rings (SSSR count). The van der Waals surface area contributed by atoms with E-state index < -0.39 is 18.2 Å². The van der Waals surface area contributed by atoms with Crippen LogP contribution in [0.1, 0.15) is 25.0 Å². The average molecular weight is 536 g/mol. The lowest BCUT2D eigenvalue weighted by Gasteiger charge is -2.55. The highest BCUT2D eigenvalue weighted by molar-refractivity contribution is 5.91. The molecule has 2 unspecified atom stereocenters. The van der Waals surface area contributed by atoms with Crippen molar-refractivity contribution in [1.82, 2.24) is 25.1 Å². The van der Waals surface area contributed by atoms with Gasteiger partial charge in [0.1, 0.15) is 18.0 Å². The molecule has 4 amide bonds. The summed E-state index contributed by atoms with van der Waals surface area (Å²) in [4.78, 5) is 43.5. The van der Waals surface area contributed by atoms with Gasteiger partial charge in [-0.15, -0.1) is 6.42 Å². The third-order valence-corrected chi connectivity index (χ3v) is 6.83. The highest BCUT2D eigenvalue weighted by Crippen LogP contribution is 2.29. The molecule has 2 aromatic carbocycles. The Morgan fingerprint density at radius 2 is 1.90 bits per heavy atom. The van der Waals surface area contributed by atoms with Crippen LogP contribution in [0.4, 0.5) is 9.18 Å². The molecule has 0 bridgehead atoms. The molecule has 9 nitrogen and oxygen atoms in total. The van der Waals surface area contributed by atoms with E-state index in [9.17, 15) is 18.8 Å². The number of hydrogen-bond acceptors (Lipinski definition) is 5. The highest BCUT2D eigenvalue weighted by Gasteiger charge is 2.52. The molecule has 206 valence electrons. The zero-order chi connectivity index (χ0) is 27.9. The summed E-state index contributed by atoms with van der Waals surface area (Å²) in [5.41, 5.74) is 1.62. The van der Waals surface area contributed by atoms with Crippen molar-refractivity contribution in [2.24, 2.45) is 5.92 Å². The van der Waals surface area contributed by atoms with E-state index in [1.54, 1.807) is 22.0 Å². The molecule has 2 atom stereocenters. The number of urea groups is 1. The van der Waals surface area contributed by atoms with Gasteiger partial charge in [0.15, 0.2) is 0 Å². The molecule has 0 aliphatic carbocycles. The number of nitrogens with zero attached hydrogens (tertiary/aromatic N) is 4. The van der Waals surface area contributed by atoms with E-state index in [1.807, 2.05) is 44.2 Å². The molecule has 2 heterocycles. The maximum Gasteiger partial charge on any atom is 0.334 e. The fraction of sp³-hybridized carbons (Fsp3) is 0.414. The number of amides is 4. The quantitative estimate of drug-likeness (QED) is 0.394. The van der Waals surface area contributed by atoms with Crippen LogP contribution in [0.15, 0.2) is 54.6 Å². The Kier molecular flexibility index (Phi) is 9.17. The van der Waals surface area contributed by atoms with E-state index in [0.717, 1.165) is 5.56 Å². The third-order valence-electron chi connectivity index (χ3n) is 6.83. The molecule has 0 aromatic heterocycles. The zero-order valence-corrected chi connectivity index (χ0v) is 22.3. The van der Waals surface area contributed by atoms with E-state index in [2.05, 4.69) is 11.2 Å². The smallest absolute Gasteiger partial charge is 0.334 e. The SMILES string of the molecule is C#CCN1CC(=O)N2C(C(C)C)C(=O)N(CCOCc3cccc(F)c3)CC2N1C(=O)NCc1ccccc1. The fourth-order valence-corrected chi connectivity index (χ4v) is 5.04. The number of nitrogens with one attached hydrogen (secondary N) is 1. The molecule has 2 fully saturated rings. The number of ether oxygens (including phenoxy) is 1. The van der Waals surface area contributed by atoms with Gasteiger partial charge in [0, 0.05) is 13.1 Å². The molecule has 0 saturated carbocycles. The largest absolute Gasteiger partial charge is 0.375 e. The number of benzene rings is 2. The van der Waals surface area contributed by atoms with Gasteiger partial charge in [-0.2, -0.15) is 5.01 Å². The number of carbonyl (C=O) groups excluding carboxylic acids is 3. The number of fused-ring (bicyclic) bond motifs is 1. The van der Waals surface area contributed by atoms with Crippen molar-refractivity contribution in [3.05, 3.63) is 71.5 Å². The predicted molar refractivity (Wildman–Crippen MR) is 143 cm³/mol. The molecule has 10 heteroatoms. The maximum atomic E-state index is 13.5. The predicted octanol–water partition coefficient (Wildman–Crippen LogP) is 2.44. The molecule has 1 N–H and O–H groups in total. The number of rotatable bonds is 9. The zero-order valence-electron chi connectivity index (χ0n) is 22.3. The second kappa shape index (κ2) is 12.7. The number of halogens is 1. The molecular formula is C29H34FN5O4. The summed E-state index contributed by atoms with van der Waals surface area (Å²) < 4.78 is 19.2. The van der Waals surface area contributed by atoms with Crippen molar-refractivity contribution >= 4 is 17.8 Å². The highest BCUT2D eigenvalue weighted by atomic mass is 19.1. The van der Waals surface area contributed by atoms with Crippen molar-refractivity contribution in [2.75, 3.05) is 32.8 Å². The number of piperazine rings is 1. The van der Waals surface area contributed by atoms with Crippen LogP contribution >= 0.6 is 0 Å². The van der Waals surface area contributed by atoms with Crippen molar-refractivity contribution in [3.8, 4) is 12.3 Å². The molecule has 2 saturated heterocycles. The summed E-state index contributed by atoms with van der Waals surface area (Å²) >= 11 is 0. The van der Waals surface area contributed by atoms with Gasteiger partial charge in [0.25, 0.3) is 0 Å². The van der Waals surface area contributed by atoms with Crippen LogP contribution in [0.5, 0.6) is 0 Å². The second-order valence-electron chi connectivity index (χ2n) is 9.95. The minimum atomic E-state index is -0.739. The molecule has 0 spiro atoms. The molecule has 2 aliphatic heterocycles. The Morgan fingerprint density at radius 1 is 1.15 bits per heavy atom. The van der Waals surface area contributed by atoms with Crippen LogP contribution in [0.2, 0.25) is 0 Å². The van der Waals surface area contributed by atoms with Crippen molar-refractivity contribution in [3.63, 3.8) is 0 Å². The molecule has 2 aromatic rings. The lowest BCUT2D eigenvalue weighted by atomic mass is 9.96. The van der Waals surface area contributed by atoms with Gasteiger partial charge >= 0.3 is 6.03 Å². The lowest BCUT2D eigenvalue weighted by molar-refractivity contribution is -0.192. The summed E-state index contributed by atoms with van der Waals surface area (Å²) in [6, 6.07) is 14.5. The van der Waals surface area contributed by atoms with Crippen LogP contribution in [0, 0.1) is 24.1 Å². The Hall–Kier alpha value is -3.94. The van der Waals surface area contributed by atoms with Gasteiger partial charge < -0.3 is 19.9 Å². The van der Waals surface area contributed by atoms with Crippen LogP contribution in [0.25, 0.3) is 0 Å². The Morgan fingerprint density at radius 3 is 2.59 bits per heavy atom. The number of hydrogen-bond donors (Lipinski definition) is 1. The van der Waals surface area contributed by atoms with E-state index in [-0.39, 0.29) is 62.9 Å². The lowest BCUT2D eigenvalue weighted by Crippen LogP contribution is -2.77. The van der Waals surface area contributed by atoms with Crippen LogP contribution in [-0.4, -0.2) is 82.7 Å². The fourth-order valence-electron chi connectivity index (χ4n) is 5.04. The van der Waals surface area contributed by atoms with Crippen LogP contribution in [0.3, 0.4) is 0 Å². The van der Waals surface area contributed by atoms with Gasteiger partial charge in [0.05, 0.1) is 32.8 Å². The number of hydrazine groups is 1. The summed E-state index contributed by atoms with van der Waals surface area (Å²) in [6.07, 6.45) is 4.85. The summed E-state index contributed by atoms with van der Waals surface area (Å²) in [5.74, 6) is 1.56. The van der Waals surface area contributed by atoms with Crippen LogP contribution in [-0.2, 0) is 27.5 Å². The van der Waals surface area contributed by atoms with Gasteiger partial charge in [-0.05, 0) is 29.2 Å². The molecule has 2 aliphatic rings. The summed E-state index contributed by atoms with van der Waals surface area (Å²) in [6.45, 7) is 4.79. The van der Waals surface area contributed by atoms with E-state index in [0.29, 0.717) is 12.1 Å². The monoisotopic (exact) mass is 535 g/mol.